The van der Waals surface area contributed by atoms with Gasteiger partial charge in [-0.05, 0) is 31.4 Å². The van der Waals surface area contributed by atoms with Crippen LogP contribution in [0.5, 0.6) is 0 Å². The van der Waals surface area contributed by atoms with E-state index in [9.17, 15) is 4.79 Å². The molecular formula is C12H20N4O. The number of nitrogens with zero attached hydrogens (tertiary/aromatic N) is 2. The lowest BCUT2D eigenvalue weighted by Crippen LogP contribution is -2.41. The second-order valence-corrected chi connectivity index (χ2v) is 4.61. The highest BCUT2D eigenvalue weighted by Crippen LogP contribution is 2.09. The van der Waals surface area contributed by atoms with Crippen LogP contribution in [-0.4, -0.2) is 35.3 Å². The molecule has 0 spiro atoms. The van der Waals surface area contributed by atoms with Crippen molar-refractivity contribution in [1.29, 1.82) is 0 Å². The molecule has 2 heterocycles. The Hall–Kier alpha value is -1.36. The minimum absolute atomic E-state index is 0.151. The van der Waals surface area contributed by atoms with Gasteiger partial charge in [0.1, 0.15) is 0 Å². The van der Waals surface area contributed by atoms with Crippen LogP contribution in [0.25, 0.3) is 0 Å². The van der Waals surface area contributed by atoms with Gasteiger partial charge in [0.25, 0.3) is 0 Å². The number of carbonyl (C=O) groups is 1. The van der Waals surface area contributed by atoms with Crippen molar-refractivity contribution in [2.45, 2.75) is 19.3 Å². The molecule has 0 saturated carbocycles. The lowest BCUT2D eigenvalue weighted by atomic mass is 9.99. The summed E-state index contributed by atoms with van der Waals surface area (Å²) in [5.74, 6) is 0.332. The lowest BCUT2D eigenvalue weighted by molar-refractivity contribution is -0.125. The maximum atomic E-state index is 11.8. The predicted octanol–water partition coefficient (Wildman–Crippen LogP) is 0.0784. The molecule has 0 radical (unpaired) electrons. The smallest absolute Gasteiger partial charge is 0.224 e. The number of nitrogens with one attached hydrogen (secondary N) is 2. The van der Waals surface area contributed by atoms with Gasteiger partial charge < -0.3 is 10.6 Å². The largest absolute Gasteiger partial charge is 0.355 e. The molecule has 0 aliphatic carbocycles. The van der Waals surface area contributed by atoms with Crippen molar-refractivity contribution in [3.63, 3.8) is 0 Å². The van der Waals surface area contributed by atoms with Crippen LogP contribution < -0.4 is 10.6 Å². The second-order valence-electron chi connectivity index (χ2n) is 4.61. The summed E-state index contributed by atoms with van der Waals surface area (Å²) in [6, 6.07) is 0. The van der Waals surface area contributed by atoms with Gasteiger partial charge in [-0.1, -0.05) is 0 Å². The number of hydrogen-bond donors (Lipinski definition) is 2. The van der Waals surface area contributed by atoms with Crippen molar-refractivity contribution in [2.75, 3.05) is 19.6 Å². The first-order valence-electron chi connectivity index (χ1n) is 6.21. The molecule has 0 aromatic carbocycles. The zero-order valence-corrected chi connectivity index (χ0v) is 10.3. The van der Waals surface area contributed by atoms with E-state index < -0.39 is 0 Å². The number of carbonyl (C=O) groups excluding carboxylic acids is 1. The minimum atomic E-state index is 0.151. The third kappa shape index (κ3) is 3.56. The van der Waals surface area contributed by atoms with E-state index in [2.05, 4.69) is 15.7 Å². The third-order valence-electron chi connectivity index (χ3n) is 3.14. The molecule has 1 aliphatic heterocycles. The number of piperidine rings is 1. The zero-order valence-electron chi connectivity index (χ0n) is 10.3. The molecule has 2 N–H and O–H groups in total. The van der Waals surface area contributed by atoms with Crippen LogP contribution in [0.2, 0.25) is 0 Å². The Balaban J connectivity index is 1.69. The Morgan fingerprint density at radius 3 is 3.24 bits per heavy atom. The fourth-order valence-electron chi connectivity index (χ4n) is 2.15. The van der Waals surface area contributed by atoms with Crippen LogP contribution in [0.15, 0.2) is 12.4 Å². The molecule has 17 heavy (non-hydrogen) atoms. The number of aromatic nitrogens is 2. The summed E-state index contributed by atoms with van der Waals surface area (Å²) >= 11 is 0. The van der Waals surface area contributed by atoms with Gasteiger partial charge >= 0.3 is 0 Å². The predicted molar refractivity (Wildman–Crippen MR) is 65.5 cm³/mol. The van der Waals surface area contributed by atoms with Crippen LogP contribution in [0.4, 0.5) is 0 Å². The van der Waals surface area contributed by atoms with Crippen LogP contribution >= 0.6 is 0 Å². The Morgan fingerprint density at radius 2 is 2.59 bits per heavy atom. The average Bonchev–Trinajstić information content (AvgIpc) is 2.76. The SMILES string of the molecule is Cn1cc(CCNC(=O)C2CCCNC2)cn1. The van der Waals surface area contributed by atoms with Crippen molar-refractivity contribution in [1.82, 2.24) is 20.4 Å². The quantitative estimate of drug-likeness (QED) is 0.778. The van der Waals surface area contributed by atoms with Crippen molar-refractivity contribution < 1.29 is 4.79 Å². The topological polar surface area (TPSA) is 59.0 Å². The molecule has 2 rings (SSSR count). The number of hydrogen-bond acceptors (Lipinski definition) is 3. The first-order chi connectivity index (χ1) is 8.25. The first kappa shape index (κ1) is 12.1. The molecule has 1 aromatic heterocycles. The van der Waals surface area contributed by atoms with E-state index in [0.717, 1.165) is 37.9 Å². The number of rotatable bonds is 4. The summed E-state index contributed by atoms with van der Waals surface area (Å²) in [5, 5.41) is 10.3. The molecule has 1 amide bonds. The highest BCUT2D eigenvalue weighted by molar-refractivity contribution is 5.78. The van der Waals surface area contributed by atoms with Gasteiger partial charge in [-0.3, -0.25) is 9.48 Å². The molecule has 1 fully saturated rings. The Labute approximate surface area is 102 Å². The summed E-state index contributed by atoms with van der Waals surface area (Å²) in [7, 11) is 1.90. The van der Waals surface area contributed by atoms with Gasteiger partial charge in [-0.25, -0.2) is 0 Å². The summed E-state index contributed by atoms with van der Waals surface area (Å²) in [4.78, 5) is 11.8. The monoisotopic (exact) mass is 236 g/mol. The number of amides is 1. The molecule has 1 aliphatic rings. The standard InChI is InChI=1S/C12H20N4O/c1-16-9-10(7-15-16)4-6-14-12(17)11-3-2-5-13-8-11/h7,9,11,13H,2-6,8H2,1H3,(H,14,17). The molecule has 94 valence electrons. The van der Waals surface area contributed by atoms with Crippen molar-refractivity contribution in [2.24, 2.45) is 13.0 Å². The summed E-state index contributed by atoms with van der Waals surface area (Å²) in [6.07, 6.45) is 6.77. The van der Waals surface area contributed by atoms with Crippen LogP contribution in [0, 0.1) is 5.92 Å². The van der Waals surface area contributed by atoms with E-state index in [1.165, 1.54) is 0 Å². The summed E-state index contributed by atoms with van der Waals surface area (Å²) in [6.45, 7) is 2.55. The molecule has 1 saturated heterocycles. The molecule has 1 atom stereocenters. The third-order valence-corrected chi connectivity index (χ3v) is 3.14. The molecular weight excluding hydrogens is 216 g/mol. The Morgan fingerprint density at radius 1 is 1.71 bits per heavy atom. The molecule has 5 nitrogen and oxygen atoms in total. The summed E-state index contributed by atoms with van der Waals surface area (Å²) < 4.78 is 1.78. The van der Waals surface area contributed by atoms with E-state index in [4.69, 9.17) is 0 Å². The first-order valence-corrected chi connectivity index (χ1v) is 6.21. The van der Waals surface area contributed by atoms with Gasteiger partial charge in [0.15, 0.2) is 0 Å². The van der Waals surface area contributed by atoms with Crippen molar-refractivity contribution in [3.05, 3.63) is 18.0 Å². The van der Waals surface area contributed by atoms with Crippen molar-refractivity contribution in [3.8, 4) is 0 Å². The molecule has 1 unspecified atom stereocenters. The Bertz CT molecular complexity index is 368. The molecule has 5 heteroatoms. The maximum absolute atomic E-state index is 11.8. The summed E-state index contributed by atoms with van der Waals surface area (Å²) in [5.41, 5.74) is 1.16. The number of aryl methyl sites for hydroxylation is 1. The Kier molecular flexibility index (Phi) is 4.14. The fourth-order valence-corrected chi connectivity index (χ4v) is 2.15. The van der Waals surface area contributed by atoms with E-state index in [0.29, 0.717) is 6.54 Å². The van der Waals surface area contributed by atoms with Crippen molar-refractivity contribution >= 4 is 5.91 Å². The molecule has 1 aromatic rings. The minimum Gasteiger partial charge on any atom is -0.355 e. The van der Waals surface area contributed by atoms with Crippen LogP contribution in [0.1, 0.15) is 18.4 Å². The lowest BCUT2D eigenvalue weighted by Gasteiger charge is -2.21. The molecule has 0 bridgehead atoms. The highest BCUT2D eigenvalue weighted by atomic mass is 16.1. The van der Waals surface area contributed by atoms with E-state index in [1.807, 2.05) is 19.4 Å². The van der Waals surface area contributed by atoms with E-state index in [-0.39, 0.29) is 11.8 Å². The fraction of sp³-hybridized carbons (Fsp3) is 0.667. The maximum Gasteiger partial charge on any atom is 0.224 e. The normalized spacial score (nSPS) is 20.2. The highest BCUT2D eigenvalue weighted by Gasteiger charge is 2.20. The van der Waals surface area contributed by atoms with Gasteiger partial charge in [0.05, 0.1) is 12.1 Å². The average molecular weight is 236 g/mol. The van der Waals surface area contributed by atoms with E-state index >= 15 is 0 Å². The van der Waals surface area contributed by atoms with Gasteiger partial charge in [-0.2, -0.15) is 5.10 Å². The van der Waals surface area contributed by atoms with Gasteiger partial charge in [0, 0.05) is 26.3 Å². The zero-order chi connectivity index (χ0) is 12.1. The van der Waals surface area contributed by atoms with E-state index in [1.54, 1.807) is 4.68 Å². The van der Waals surface area contributed by atoms with Crippen LogP contribution in [0.3, 0.4) is 0 Å². The second kappa shape index (κ2) is 5.82. The van der Waals surface area contributed by atoms with Gasteiger partial charge in [-0.15, -0.1) is 0 Å². The van der Waals surface area contributed by atoms with Gasteiger partial charge in [0.2, 0.25) is 5.91 Å². The van der Waals surface area contributed by atoms with Crippen LogP contribution in [-0.2, 0) is 18.3 Å².